The molecule has 0 radical (unpaired) electrons. The highest BCUT2D eigenvalue weighted by Gasteiger charge is 2.13. The standard InChI is InChI=1S/C16H16ClN3O6/c1-9-5-11(12(25-2)6-10(9)17)18-14(22)8-26-15(23)7-20-4-3-13(21)19-16(20)24/h3-6H,7-8H2,1-2H3,(H,18,22)(H,19,21,24). The number of halogens is 1. The Bertz CT molecular complexity index is 950. The van der Waals surface area contributed by atoms with Crippen LogP contribution in [0.2, 0.25) is 5.02 Å². The minimum absolute atomic E-state index is 0.361. The van der Waals surface area contributed by atoms with Crippen molar-refractivity contribution in [2.75, 3.05) is 19.0 Å². The number of amides is 1. The molecule has 2 aromatic rings. The number of hydrogen-bond acceptors (Lipinski definition) is 6. The number of carbonyl (C=O) groups excluding carboxylic acids is 2. The third-order valence-corrected chi connectivity index (χ3v) is 3.72. The van der Waals surface area contributed by atoms with E-state index in [2.05, 4.69) is 5.32 Å². The van der Waals surface area contributed by atoms with Crippen LogP contribution in [-0.2, 0) is 20.9 Å². The van der Waals surface area contributed by atoms with E-state index in [9.17, 15) is 19.2 Å². The average molecular weight is 382 g/mol. The minimum Gasteiger partial charge on any atom is -0.495 e. The molecule has 0 aliphatic carbocycles. The number of hydrogen-bond donors (Lipinski definition) is 2. The van der Waals surface area contributed by atoms with E-state index < -0.39 is 36.3 Å². The second kappa shape index (κ2) is 8.34. The van der Waals surface area contributed by atoms with Crippen molar-refractivity contribution in [3.63, 3.8) is 0 Å². The van der Waals surface area contributed by atoms with Gasteiger partial charge in [0.1, 0.15) is 12.3 Å². The van der Waals surface area contributed by atoms with Gasteiger partial charge in [0, 0.05) is 23.4 Å². The van der Waals surface area contributed by atoms with Crippen molar-refractivity contribution in [2.45, 2.75) is 13.5 Å². The molecule has 0 saturated carbocycles. The maximum atomic E-state index is 12.0. The van der Waals surface area contributed by atoms with Gasteiger partial charge in [-0.05, 0) is 18.6 Å². The molecule has 26 heavy (non-hydrogen) atoms. The number of aryl methyl sites for hydroxylation is 1. The molecule has 0 spiro atoms. The van der Waals surface area contributed by atoms with Crippen molar-refractivity contribution >= 4 is 29.2 Å². The first-order chi connectivity index (χ1) is 12.3. The van der Waals surface area contributed by atoms with Crippen LogP contribution in [0.4, 0.5) is 5.69 Å². The van der Waals surface area contributed by atoms with E-state index in [1.807, 2.05) is 4.98 Å². The van der Waals surface area contributed by atoms with E-state index >= 15 is 0 Å². The number of benzene rings is 1. The topological polar surface area (TPSA) is 119 Å². The van der Waals surface area contributed by atoms with Gasteiger partial charge >= 0.3 is 11.7 Å². The number of anilines is 1. The van der Waals surface area contributed by atoms with Gasteiger partial charge in [0.25, 0.3) is 11.5 Å². The van der Waals surface area contributed by atoms with Gasteiger partial charge < -0.3 is 14.8 Å². The smallest absolute Gasteiger partial charge is 0.328 e. The van der Waals surface area contributed by atoms with Crippen LogP contribution in [0.5, 0.6) is 5.75 Å². The summed E-state index contributed by atoms with van der Waals surface area (Å²) in [6.07, 6.45) is 1.16. The largest absolute Gasteiger partial charge is 0.495 e. The first-order valence-electron chi connectivity index (χ1n) is 7.39. The second-order valence-corrected chi connectivity index (χ2v) is 5.66. The molecule has 0 aliphatic heterocycles. The molecule has 2 N–H and O–H groups in total. The van der Waals surface area contributed by atoms with Crippen molar-refractivity contribution in [1.82, 2.24) is 9.55 Å². The fourth-order valence-electron chi connectivity index (χ4n) is 2.02. The number of methoxy groups -OCH3 is 1. The summed E-state index contributed by atoms with van der Waals surface area (Å²) < 4.78 is 10.9. The zero-order valence-electron chi connectivity index (χ0n) is 14.0. The molecule has 0 unspecified atom stereocenters. The summed E-state index contributed by atoms with van der Waals surface area (Å²) in [4.78, 5) is 48.1. The van der Waals surface area contributed by atoms with Crippen LogP contribution in [-0.4, -0.2) is 35.1 Å². The Morgan fingerprint density at radius 2 is 2.04 bits per heavy atom. The Labute approximate surface area is 152 Å². The molecule has 9 nitrogen and oxygen atoms in total. The lowest BCUT2D eigenvalue weighted by molar-refractivity contribution is -0.148. The van der Waals surface area contributed by atoms with Gasteiger partial charge in [-0.2, -0.15) is 0 Å². The third-order valence-electron chi connectivity index (χ3n) is 3.32. The lowest BCUT2D eigenvalue weighted by Gasteiger charge is -2.12. The highest BCUT2D eigenvalue weighted by molar-refractivity contribution is 6.31. The predicted octanol–water partition coefficient (Wildman–Crippen LogP) is 0.689. The van der Waals surface area contributed by atoms with Crippen LogP contribution in [0.1, 0.15) is 5.56 Å². The van der Waals surface area contributed by atoms with Crippen molar-refractivity contribution in [1.29, 1.82) is 0 Å². The molecule has 1 heterocycles. The SMILES string of the molecule is COc1cc(Cl)c(C)cc1NC(=O)COC(=O)Cn1ccc(=O)[nH]c1=O. The first kappa shape index (κ1) is 19.3. The van der Waals surface area contributed by atoms with Gasteiger partial charge in [-0.15, -0.1) is 0 Å². The predicted molar refractivity (Wildman–Crippen MR) is 93.7 cm³/mol. The molecule has 0 fully saturated rings. The third kappa shape index (κ3) is 4.96. The number of H-pyrrole nitrogens is 1. The van der Waals surface area contributed by atoms with E-state index in [1.165, 1.54) is 7.11 Å². The number of ether oxygens (including phenoxy) is 2. The van der Waals surface area contributed by atoms with Crippen LogP contribution < -0.4 is 21.3 Å². The van der Waals surface area contributed by atoms with Gasteiger partial charge in [0.15, 0.2) is 6.61 Å². The average Bonchev–Trinajstić information content (AvgIpc) is 2.58. The molecule has 138 valence electrons. The van der Waals surface area contributed by atoms with Gasteiger partial charge in [-0.25, -0.2) is 4.79 Å². The Balaban J connectivity index is 1.94. The first-order valence-corrected chi connectivity index (χ1v) is 7.77. The number of esters is 1. The molecule has 0 atom stereocenters. The molecule has 0 bridgehead atoms. The molecule has 1 aromatic carbocycles. The Hall–Kier alpha value is -3.07. The van der Waals surface area contributed by atoms with Gasteiger partial charge in [-0.3, -0.25) is 23.9 Å². The van der Waals surface area contributed by atoms with Crippen molar-refractivity contribution in [3.05, 3.63) is 55.8 Å². The molecule has 0 saturated heterocycles. The Kier molecular flexibility index (Phi) is 6.18. The fourth-order valence-corrected chi connectivity index (χ4v) is 2.17. The highest BCUT2D eigenvalue weighted by atomic mass is 35.5. The Morgan fingerprint density at radius 3 is 2.69 bits per heavy atom. The minimum atomic E-state index is -0.812. The zero-order chi connectivity index (χ0) is 19.3. The summed E-state index contributed by atoms with van der Waals surface area (Å²) in [7, 11) is 1.43. The van der Waals surface area contributed by atoms with Crippen LogP contribution in [0, 0.1) is 6.92 Å². The quantitative estimate of drug-likeness (QED) is 0.710. The lowest BCUT2D eigenvalue weighted by atomic mass is 10.2. The summed E-state index contributed by atoms with van der Waals surface area (Å²) in [5.41, 5.74) is -0.212. The number of nitrogens with zero attached hydrogens (tertiary/aromatic N) is 1. The van der Waals surface area contributed by atoms with Crippen LogP contribution >= 0.6 is 11.6 Å². The van der Waals surface area contributed by atoms with E-state index in [0.717, 1.165) is 22.4 Å². The van der Waals surface area contributed by atoms with Crippen molar-refractivity contribution in [3.8, 4) is 5.75 Å². The number of aromatic amines is 1. The molecule has 2 rings (SSSR count). The summed E-state index contributed by atoms with van der Waals surface area (Å²) in [6.45, 7) is 0.771. The maximum Gasteiger partial charge on any atom is 0.328 e. The summed E-state index contributed by atoms with van der Waals surface area (Å²) in [5, 5.41) is 3.04. The summed E-state index contributed by atoms with van der Waals surface area (Å²) in [5.74, 6) is -1.04. The number of rotatable bonds is 6. The number of nitrogens with one attached hydrogen (secondary N) is 2. The molecular weight excluding hydrogens is 366 g/mol. The zero-order valence-corrected chi connectivity index (χ0v) is 14.8. The van der Waals surface area contributed by atoms with E-state index in [1.54, 1.807) is 19.1 Å². The van der Waals surface area contributed by atoms with Crippen LogP contribution in [0.15, 0.2) is 34.0 Å². The molecule has 0 aliphatic rings. The van der Waals surface area contributed by atoms with Crippen molar-refractivity contribution in [2.24, 2.45) is 0 Å². The number of carbonyl (C=O) groups is 2. The van der Waals surface area contributed by atoms with Gasteiger partial charge in [-0.1, -0.05) is 11.6 Å². The lowest BCUT2D eigenvalue weighted by Crippen LogP contribution is -2.32. The highest BCUT2D eigenvalue weighted by Crippen LogP contribution is 2.30. The maximum absolute atomic E-state index is 12.0. The van der Waals surface area contributed by atoms with Gasteiger partial charge in [0.05, 0.1) is 12.8 Å². The van der Waals surface area contributed by atoms with Crippen molar-refractivity contribution < 1.29 is 19.1 Å². The second-order valence-electron chi connectivity index (χ2n) is 5.25. The van der Waals surface area contributed by atoms with Crippen LogP contribution in [0.3, 0.4) is 0 Å². The van der Waals surface area contributed by atoms with Crippen LogP contribution in [0.25, 0.3) is 0 Å². The van der Waals surface area contributed by atoms with E-state index in [0.29, 0.717) is 16.5 Å². The monoisotopic (exact) mass is 381 g/mol. The van der Waals surface area contributed by atoms with E-state index in [-0.39, 0.29) is 0 Å². The summed E-state index contributed by atoms with van der Waals surface area (Å²) >= 11 is 5.99. The fraction of sp³-hybridized carbons (Fsp3) is 0.250. The molecule has 1 amide bonds. The molecular formula is C16H16ClN3O6. The summed E-state index contributed by atoms with van der Waals surface area (Å²) in [6, 6.07) is 4.28. The van der Waals surface area contributed by atoms with E-state index in [4.69, 9.17) is 21.1 Å². The normalized spacial score (nSPS) is 10.3. The number of aromatic nitrogens is 2. The molecule has 1 aromatic heterocycles. The van der Waals surface area contributed by atoms with Gasteiger partial charge in [0.2, 0.25) is 0 Å². The molecule has 10 heteroatoms. The Morgan fingerprint density at radius 1 is 1.31 bits per heavy atom.